The van der Waals surface area contributed by atoms with Crippen molar-refractivity contribution in [3.63, 3.8) is 0 Å². The highest BCUT2D eigenvalue weighted by atomic mass is 19.1. The molecule has 2 aliphatic rings. The van der Waals surface area contributed by atoms with Gasteiger partial charge in [0.15, 0.2) is 0 Å². The van der Waals surface area contributed by atoms with E-state index in [2.05, 4.69) is 20.6 Å². The quantitative estimate of drug-likeness (QED) is 0.718. The Labute approximate surface area is 158 Å². The molecule has 146 valence electrons. The first-order valence-electron chi connectivity index (χ1n) is 8.84. The largest absolute Gasteiger partial charge is 0.378 e. The molecule has 3 heterocycles. The molecule has 9 nitrogen and oxygen atoms in total. The molecule has 0 saturated carbocycles. The molecular weight excluding hydrogens is 369 g/mol. The first kappa shape index (κ1) is 18.1. The highest BCUT2D eigenvalue weighted by Crippen LogP contribution is 2.30. The number of hydrogen-bond donors (Lipinski definition) is 3. The molecule has 28 heavy (non-hydrogen) atoms. The zero-order valence-corrected chi connectivity index (χ0v) is 14.8. The first-order chi connectivity index (χ1) is 13.5. The van der Waals surface area contributed by atoms with Crippen LogP contribution in [0, 0.1) is 5.82 Å². The van der Waals surface area contributed by atoms with Gasteiger partial charge in [-0.3, -0.25) is 19.4 Å². The van der Waals surface area contributed by atoms with Gasteiger partial charge in [0.1, 0.15) is 11.6 Å². The molecular formula is C18H18FN5O4. The number of aromatic nitrogens is 2. The maximum absolute atomic E-state index is 13.4. The van der Waals surface area contributed by atoms with E-state index in [1.54, 1.807) is 0 Å². The third kappa shape index (κ3) is 3.58. The van der Waals surface area contributed by atoms with Gasteiger partial charge in [0.2, 0.25) is 17.8 Å². The number of H-pyrrole nitrogens is 1. The predicted molar refractivity (Wildman–Crippen MR) is 98.9 cm³/mol. The predicted octanol–water partition coefficient (Wildman–Crippen LogP) is 0.810. The summed E-state index contributed by atoms with van der Waals surface area (Å²) in [6.45, 7) is 2.12. The SMILES string of the molecule is O=C1C[C@H](C(=O)Nc2cccc(F)c2)c2c(nc(N3CCOCC3)[nH]c2=O)N1. The van der Waals surface area contributed by atoms with Gasteiger partial charge in [0, 0.05) is 25.2 Å². The van der Waals surface area contributed by atoms with Gasteiger partial charge < -0.3 is 20.3 Å². The number of fused-ring (bicyclic) bond motifs is 1. The van der Waals surface area contributed by atoms with Crippen LogP contribution in [-0.2, 0) is 14.3 Å². The van der Waals surface area contributed by atoms with Crippen LogP contribution < -0.4 is 21.1 Å². The van der Waals surface area contributed by atoms with Gasteiger partial charge >= 0.3 is 0 Å². The molecule has 2 amide bonds. The number of morpholine rings is 1. The standard InChI is InChI=1S/C18H18FN5O4/c19-10-2-1-3-11(8-10)20-16(26)12-9-13(25)21-15-14(12)17(27)23-18(22-15)24-4-6-28-7-5-24/h1-3,8,12H,4-7,9H2,(H,20,26)(H2,21,22,23,25,27)/t12-/m0/s1. The summed E-state index contributed by atoms with van der Waals surface area (Å²) < 4.78 is 18.6. The second kappa shape index (κ2) is 7.39. The van der Waals surface area contributed by atoms with Crippen molar-refractivity contribution >= 4 is 29.3 Å². The van der Waals surface area contributed by atoms with E-state index in [0.717, 1.165) is 6.07 Å². The summed E-state index contributed by atoms with van der Waals surface area (Å²) >= 11 is 0. The van der Waals surface area contributed by atoms with E-state index in [-0.39, 0.29) is 23.5 Å². The van der Waals surface area contributed by atoms with E-state index in [1.807, 2.05) is 4.90 Å². The number of hydrogen-bond acceptors (Lipinski definition) is 6. The number of aromatic amines is 1. The van der Waals surface area contributed by atoms with Crippen molar-refractivity contribution < 1.29 is 18.7 Å². The van der Waals surface area contributed by atoms with E-state index in [9.17, 15) is 18.8 Å². The lowest BCUT2D eigenvalue weighted by molar-refractivity contribution is -0.123. The molecule has 1 fully saturated rings. The number of carbonyl (C=O) groups is 2. The summed E-state index contributed by atoms with van der Waals surface area (Å²) in [4.78, 5) is 46.4. The minimum absolute atomic E-state index is 0.0703. The highest BCUT2D eigenvalue weighted by Gasteiger charge is 2.35. The Morgan fingerprint density at radius 2 is 2.07 bits per heavy atom. The minimum atomic E-state index is -1.03. The van der Waals surface area contributed by atoms with E-state index in [0.29, 0.717) is 32.3 Å². The van der Waals surface area contributed by atoms with Crippen LogP contribution in [0.4, 0.5) is 21.8 Å². The zero-order valence-electron chi connectivity index (χ0n) is 14.8. The van der Waals surface area contributed by atoms with Crippen molar-refractivity contribution in [3.8, 4) is 0 Å². The van der Waals surface area contributed by atoms with Crippen LogP contribution in [0.3, 0.4) is 0 Å². The number of nitrogens with zero attached hydrogens (tertiary/aromatic N) is 2. The third-order valence-corrected chi connectivity index (χ3v) is 4.66. The monoisotopic (exact) mass is 387 g/mol. The number of anilines is 3. The molecule has 0 unspecified atom stereocenters. The summed E-state index contributed by atoms with van der Waals surface area (Å²) in [7, 11) is 0. The van der Waals surface area contributed by atoms with Crippen LogP contribution >= 0.6 is 0 Å². The summed E-state index contributed by atoms with van der Waals surface area (Å²) in [5, 5.41) is 5.12. The van der Waals surface area contributed by atoms with Crippen molar-refractivity contribution in [2.75, 3.05) is 41.8 Å². The molecule has 10 heteroatoms. The van der Waals surface area contributed by atoms with Gasteiger partial charge in [-0.1, -0.05) is 6.07 Å². The summed E-state index contributed by atoms with van der Waals surface area (Å²) in [5.74, 6) is -2.14. The van der Waals surface area contributed by atoms with Crippen molar-refractivity contribution in [2.24, 2.45) is 0 Å². The Kier molecular flexibility index (Phi) is 4.78. The Morgan fingerprint density at radius 3 is 2.82 bits per heavy atom. The van der Waals surface area contributed by atoms with Gasteiger partial charge in [0.25, 0.3) is 5.56 Å². The van der Waals surface area contributed by atoms with Gasteiger partial charge in [-0.25, -0.2) is 4.39 Å². The van der Waals surface area contributed by atoms with Crippen LogP contribution in [0.25, 0.3) is 0 Å². The van der Waals surface area contributed by atoms with Crippen LogP contribution in [0.15, 0.2) is 29.1 Å². The van der Waals surface area contributed by atoms with E-state index in [4.69, 9.17) is 4.74 Å². The average Bonchev–Trinajstić information content (AvgIpc) is 2.67. The lowest BCUT2D eigenvalue weighted by Gasteiger charge is -2.29. The number of halogens is 1. The Bertz CT molecular complexity index is 986. The molecule has 0 spiro atoms. The zero-order chi connectivity index (χ0) is 19.7. The van der Waals surface area contributed by atoms with Gasteiger partial charge in [0.05, 0.1) is 24.7 Å². The van der Waals surface area contributed by atoms with Crippen molar-refractivity contribution in [1.82, 2.24) is 9.97 Å². The molecule has 1 aromatic heterocycles. The summed E-state index contributed by atoms with van der Waals surface area (Å²) in [5.41, 5.74) is -0.164. The van der Waals surface area contributed by atoms with Gasteiger partial charge in [-0.2, -0.15) is 4.98 Å². The Morgan fingerprint density at radius 1 is 1.29 bits per heavy atom. The molecule has 2 aromatic rings. The number of benzene rings is 1. The summed E-state index contributed by atoms with van der Waals surface area (Å²) in [6, 6.07) is 5.39. The number of rotatable bonds is 3. The fourth-order valence-electron chi connectivity index (χ4n) is 3.30. The van der Waals surface area contributed by atoms with Crippen LogP contribution in [0.2, 0.25) is 0 Å². The van der Waals surface area contributed by atoms with E-state index < -0.39 is 29.1 Å². The summed E-state index contributed by atoms with van der Waals surface area (Å²) in [6.07, 6.45) is -0.199. The molecule has 3 N–H and O–H groups in total. The molecule has 0 aliphatic carbocycles. The topological polar surface area (TPSA) is 116 Å². The molecule has 1 aromatic carbocycles. The third-order valence-electron chi connectivity index (χ3n) is 4.66. The van der Waals surface area contributed by atoms with Crippen LogP contribution in [0.5, 0.6) is 0 Å². The minimum Gasteiger partial charge on any atom is -0.378 e. The average molecular weight is 387 g/mol. The van der Waals surface area contributed by atoms with Crippen molar-refractivity contribution in [1.29, 1.82) is 0 Å². The molecule has 2 aliphatic heterocycles. The fraction of sp³-hybridized carbons (Fsp3) is 0.333. The fourth-order valence-corrected chi connectivity index (χ4v) is 3.30. The van der Waals surface area contributed by atoms with Crippen LogP contribution in [-0.4, -0.2) is 48.1 Å². The molecule has 4 rings (SSSR count). The van der Waals surface area contributed by atoms with Gasteiger partial charge in [-0.05, 0) is 18.2 Å². The van der Waals surface area contributed by atoms with Crippen molar-refractivity contribution in [2.45, 2.75) is 12.3 Å². The number of nitrogens with one attached hydrogen (secondary N) is 3. The van der Waals surface area contributed by atoms with E-state index in [1.165, 1.54) is 18.2 Å². The highest BCUT2D eigenvalue weighted by molar-refractivity contribution is 6.04. The number of ether oxygens (including phenoxy) is 1. The van der Waals surface area contributed by atoms with Crippen LogP contribution in [0.1, 0.15) is 17.9 Å². The first-order valence-corrected chi connectivity index (χ1v) is 8.84. The maximum Gasteiger partial charge on any atom is 0.258 e. The van der Waals surface area contributed by atoms with E-state index >= 15 is 0 Å². The number of amides is 2. The Balaban J connectivity index is 1.65. The lowest BCUT2D eigenvalue weighted by atomic mass is 9.92. The second-order valence-electron chi connectivity index (χ2n) is 6.56. The molecule has 0 bridgehead atoms. The maximum atomic E-state index is 13.4. The van der Waals surface area contributed by atoms with Crippen molar-refractivity contribution in [3.05, 3.63) is 46.0 Å². The lowest BCUT2D eigenvalue weighted by Crippen LogP contribution is -2.41. The molecule has 1 atom stereocenters. The van der Waals surface area contributed by atoms with Gasteiger partial charge in [-0.15, -0.1) is 0 Å². The smallest absolute Gasteiger partial charge is 0.258 e. The second-order valence-corrected chi connectivity index (χ2v) is 6.56. The molecule has 1 saturated heterocycles. The number of carbonyl (C=O) groups excluding carboxylic acids is 2. The molecule has 0 radical (unpaired) electrons. The Hall–Kier alpha value is -3.27. The normalized spacial score (nSPS) is 19.0.